The van der Waals surface area contributed by atoms with E-state index >= 15 is 0 Å². The van der Waals surface area contributed by atoms with Gasteiger partial charge in [0.25, 0.3) is 0 Å². The second-order valence-electron chi connectivity index (χ2n) is 2.94. The molecule has 0 bridgehead atoms. The molecular weight excluding hydrogens is 249 g/mol. The molecule has 92 valence electrons. The molecule has 0 fully saturated rings. The van der Waals surface area contributed by atoms with Crippen LogP contribution in [0.15, 0.2) is 12.6 Å². The number of hydrogen-bond donors (Lipinski definition) is 0. The average Bonchev–Trinajstić information content (AvgIpc) is 2.13. The number of hydrogen-bond acceptors (Lipinski definition) is 2. The smallest absolute Gasteiger partial charge is 0.258 e. The summed E-state index contributed by atoms with van der Waals surface area (Å²) in [5.74, 6) is -4.17. The van der Waals surface area contributed by atoms with Gasteiger partial charge in [0, 0.05) is 0 Å². The van der Waals surface area contributed by atoms with Gasteiger partial charge in [-0.25, -0.2) is 4.39 Å². The van der Waals surface area contributed by atoms with E-state index in [4.69, 9.17) is 0 Å². The zero-order valence-corrected chi connectivity index (χ0v) is 8.02. The lowest BCUT2D eigenvalue weighted by molar-refractivity contribution is -0.388. The SMILES string of the molecule is C=Cc1cc(F)c(C(F)(F)F)c(F)c1[N+](=O)[O-]. The van der Waals surface area contributed by atoms with Crippen LogP contribution in [0.5, 0.6) is 0 Å². The molecule has 0 radical (unpaired) electrons. The minimum Gasteiger partial charge on any atom is -0.258 e. The monoisotopic (exact) mass is 253 g/mol. The third kappa shape index (κ3) is 2.24. The van der Waals surface area contributed by atoms with Crippen molar-refractivity contribution in [1.82, 2.24) is 0 Å². The van der Waals surface area contributed by atoms with Crippen molar-refractivity contribution in [2.45, 2.75) is 6.18 Å². The number of nitrogens with zero attached hydrogens (tertiary/aromatic N) is 1. The van der Waals surface area contributed by atoms with E-state index in [9.17, 15) is 32.1 Å². The van der Waals surface area contributed by atoms with Gasteiger partial charge in [-0.05, 0) is 6.07 Å². The van der Waals surface area contributed by atoms with Gasteiger partial charge >= 0.3 is 11.9 Å². The summed E-state index contributed by atoms with van der Waals surface area (Å²) in [7, 11) is 0. The number of nitro benzene ring substituents is 1. The van der Waals surface area contributed by atoms with Gasteiger partial charge in [-0.2, -0.15) is 17.6 Å². The molecule has 8 heteroatoms. The first-order valence-corrected chi connectivity index (χ1v) is 4.06. The van der Waals surface area contributed by atoms with E-state index in [1.165, 1.54) is 0 Å². The fraction of sp³-hybridized carbons (Fsp3) is 0.111. The zero-order chi connectivity index (χ0) is 13.4. The fourth-order valence-corrected chi connectivity index (χ4v) is 1.23. The van der Waals surface area contributed by atoms with Crippen LogP contribution < -0.4 is 0 Å². The summed E-state index contributed by atoms with van der Waals surface area (Å²) >= 11 is 0. The molecule has 0 aromatic heterocycles. The van der Waals surface area contributed by atoms with Crippen molar-refractivity contribution in [3.05, 3.63) is 45.5 Å². The van der Waals surface area contributed by atoms with E-state index in [1.54, 1.807) is 0 Å². The second-order valence-corrected chi connectivity index (χ2v) is 2.94. The Balaban J connectivity index is 3.73. The van der Waals surface area contributed by atoms with Crippen LogP contribution >= 0.6 is 0 Å². The van der Waals surface area contributed by atoms with E-state index in [0.29, 0.717) is 6.08 Å². The van der Waals surface area contributed by atoms with Crippen molar-refractivity contribution in [2.24, 2.45) is 0 Å². The topological polar surface area (TPSA) is 43.1 Å². The van der Waals surface area contributed by atoms with Gasteiger partial charge in [0.2, 0.25) is 5.82 Å². The fourth-order valence-electron chi connectivity index (χ4n) is 1.23. The standard InChI is InChI=1S/C9H4F5NO2/c1-2-4-3-5(10)6(9(12,13)14)7(11)8(4)15(16)17/h2-3H,1H2. The number of nitro groups is 1. The maximum atomic E-state index is 13.3. The van der Waals surface area contributed by atoms with Crippen LogP contribution in [0, 0.1) is 21.7 Å². The molecule has 0 aliphatic heterocycles. The molecule has 0 spiro atoms. The van der Waals surface area contributed by atoms with Gasteiger partial charge in [0.1, 0.15) is 11.4 Å². The van der Waals surface area contributed by atoms with Gasteiger partial charge in [-0.15, -0.1) is 0 Å². The largest absolute Gasteiger partial charge is 0.422 e. The lowest BCUT2D eigenvalue weighted by atomic mass is 10.1. The normalized spacial score (nSPS) is 11.4. The van der Waals surface area contributed by atoms with Gasteiger partial charge in [-0.3, -0.25) is 10.1 Å². The van der Waals surface area contributed by atoms with Crippen LogP contribution in [0.4, 0.5) is 27.6 Å². The average molecular weight is 253 g/mol. The maximum absolute atomic E-state index is 13.3. The van der Waals surface area contributed by atoms with Crippen molar-refractivity contribution < 1.29 is 26.9 Å². The Hall–Kier alpha value is -1.99. The van der Waals surface area contributed by atoms with Gasteiger partial charge < -0.3 is 0 Å². The highest BCUT2D eigenvalue weighted by atomic mass is 19.4. The summed E-state index contributed by atoms with van der Waals surface area (Å²) in [4.78, 5) is 9.06. The van der Waals surface area contributed by atoms with Crippen molar-refractivity contribution in [2.75, 3.05) is 0 Å². The lowest BCUT2D eigenvalue weighted by Gasteiger charge is -2.10. The first-order chi connectivity index (χ1) is 7.70. The Morgan fingerprint density at radius 2 is 1.88 bits per heavy atom. The van der Waals surface area contributed by atoms with Crippen molar-refractivity contribution in [1.29, 1.82) is 0 Å². The Bertz CT molecular complexity index is 495. The highest BCUT2D eigenvalue weighted by molar-refractivity contribution is 5.61. The number of alkyl halides is 3. The predicted octanol–water partition coefficient (Wildman–Crippen LogP) is 3.53. The van der Waals surface area contributed by atoms with E-state index in [1.807, 2.05) is 0 Å². The Kier molecular flexibility index (Phi) is 3.16. The molecule has 17 heavy (non-hydrogen) atoms. The highest BCUT2D eigenvalue weighted by Gasteiger charge is 2.42. The molecule has 0 heterocycles. The third-order valence-electron chi connectivity index (χ3n) is 1.91. The summed E-state index contributed by atoms with van der Waals surface area (Å²) in [6, 6.07) is 0.219. The summed E-state index contributed by atoms with van der Waals surface area (Å²) in [6.45, 7) is 3.03. The van der Waals surface area contributed by atoms with E-state index in [-0.39, 0.29) is 6.07 Å². The molecule has 0 N–H and O–H groups in total. The van der Waals surface area contributed by atoms with E-state index in [0.717, 1.165) is 0 Å². The minimum absolute atomic E-state index is 0.219. The summed E-state index contributed by atoms with van der Waals surface area (Å²) in [5.41, 5.74) is -4.39. The van der Waals surface area contributed by atoms with Crippen LogP contribution in [0.1, 0.15) is 11.1 Å². The second kappa shape index (κ2) is 4.11. The zero-order valence-electron chi connectivity index (χ0n) is 8.02. The quantitative estimate of drug-likeness (QED) is 0.459. The van der Waals surface area contributed by atoms with E-state index in [2.05, 4.69) is 6.58 Å². The van der Waals surface area contributed by atoms with Crippen molar-refractivity contribution in [3.8, 4) is 0 Å². The molecule has 0 saturated heterocycles. The first-order valence-electron chi connectivity index (χ1n) is 4.06. The molecule has 0 amide bonds. The summed E-state index contributed by atoms with van der Waals surface area (Å²) < 4.78 is 63.1. The molecule has 1 aromatic carbocycles. The minimum atomic E-state index is -5.35. The predicted molar refractivity (Wildman–Crippen MR) is 48.1 cm³/mol. The van der Waals surface area contributed by atoms with Crippen LogP contribution in [0.3, 0.4) is 0 Å². The number of halogens is 5. The van der Waals surface area contributed by atoms with Crippen molar-refractivity contribution >= 4 is 11.8 Å². The van der Waals surface area contributed by atoms with Gasteiger partial charge in [-0.1, -0.05) is 12.7 Å². The van der Waals surface area contributed by atoms with Gasteiger partial charge in [0.05, 0.1) is 10.5 Å². The summed E-state index contributed by atoms with van der Waals surface area (Å²) in [5, 5.41) is 10.4. The van der Waals surface area contributed by atoms with Gasteiger partial charge in [0.15, 0.2) is 0 Å². The van der Waals surface area contributed by atoms with Crippen LogP contribution in [-0.4, -0.2) is 4.92 Å². The third-order valence-corrected chi connectivity index (χ3v) is 1.91. The summed E-state index contributed by atoms with van der Waals surface area (Å²) in [6.07, 6.45) is -4.65. The van der Waals surface area contributed by atoms with Crippen LogP contribution in [0.25, 0.3) is 6.08 Å². The van der Waals surface area contributed by atoms with Crippen LogP contribution in [-0.2, 0) is 6.18 Å². The lowest BCUT2D eigenvalue weighted by Crippen LogP contribution is -2.14. The first kappa shape index (κ1) is 13.1. The molecule has 0 saturated carbocycles. The highest BCUT2D eigenvalue weighted by Crippen LogP contribution is 2.38. The molecule has 1 aromatic rings. The molecule has 0 atom stereocenters. The maximum Gasteiger partial charge on any atom is 0.422 e. The molecule has 1 rings (SSSR count). The Labute approximate surface area is 91.3 Å². The van der Waals surface area contributed by atoms with E-state index < -0.39 is 39.5 Å². The number of rotatable bonds is 2. The molecule has 0 aliphatic carbocycles. The van der Waals surface area contributed by atoms with Crippen LogP contribution in [0.2, 0.25) is 0 Å². The molecule has 3 nitrogen and oxygen atoms in total. The number of benzene rings is 1. The molecule has 0 unspecified atom stereocenters. The Morgan fingerprint density at radius 3 is 2.24 bits per heavy atom. The Morgan fingerprint density at radius 1 is 1.35 bits per heavy atom. The van der Waals surface area contributed by atoms with Crippen molar-refractivity contribution in [3.63, 3.8) is 0 Å². The molecular formula is C9H4F5NO2. The molecule has 0 aliphatic rings.